The van der Waals surface area contributed by atoms with Crippen molar-refractivity contribution in [3.8, 4) is 5.75 Å². The molecule has 1 unspecified atom stereocenters. The van der Waals surface area contributed by atoms with E-state index in [1.807, 2.05) is 6.07 Å². The van der Waals surface area contributed by atoms with Crippen LogP contribution in [0.15, 0.2) is 22.7 Å². The third-order valence-corrected chi connectivity index (χ3v) is 3.55. The third kappa shape index (κ3) is 2.52. The van der Waals surface area contributed by atoms with E-state index < -0.39 is 0 Å². The summed E-state index contributed by atoms with van der Waals surface area (Å²) in [6.07, 6.45) is 2.38. The number of nitrogens with one attached hydrogen (secondary N) is 1. The van der Waals surface area contributed by atoms with Gasteiger partial charge in [0, 0.05) is 0 Å². The minimum Gasteiger partial charge on any atom is -0.495 e. The molecule has 1 atom stereocenters. The molecule has 1 aromatic rings. The Bertz CT molecular complexity index is 334. The molecule has 0 bridgehead atoms. The second kappa shape index (κ2) is 4.99. The smallest absolute Gasteiger partial charge is 0.136 e. The lowest BCUT2D eigenvalue weighted by atomic mass is 9.98. The van der Waals surface area contributed by atoms with Crippen molar-refractivity contribution in [3.05, 3.63) is 28.2 Å². The minimum atomic E-state index is 0.758. The normalized spacial score (nSPS) is 20.5. The van der Waals surface area contributed by atoms with Crippen molar-refractivity contribution in [3.63, 3.8) is 0 Å². The zero-order chi connectivity index (χ0) is 10.7. The first-order valence-electron chi connectivity index (χ1n) is 5.33. The van der Waals surface area contributed by atoms with Gasteiger partial charge in [-0.2, -0.15) is 0 Å². The van der Waals surface area contributed by atoms with E-state index in [1.165, 1.54) is 12.0 Å². The molecule has 3 heteroatoms. The summed E-state index contributed by atoms with van der Waals surface area (Å²) in [6, 6.07) is 6.25. The van der Waals surface area contributed by atoms with Crippen LogP contribution in [0.25, 0.3) is 0 Å². The fourth-order valence-electron chi connectivity index (χ4n) is 2.14. The van der Waals surface area contributed by atoms with Crippen molar-refractivity contribution >= 4 is 15.9 Å². The van der Waals surface area contributed by atoms with Crippen LogP contribution in [0.4, 0.5) is 0 Å². The summed E-state index contributed by atoms with van der Waals surface area (Å²) in [7, 11) is 1.73. The number of halogens is 1. The van der Waals surface area contributed by atoms with Gasteiger partial charge in [-0.1, -0.05) is 12.1 Å². The van der Waals surface area contributed by atoms with Gasteiger partial charge in [-0.3, -0.25) is 0 Å². The molecule has 0 saturated carbocycles. The van der Waals surface area contributed by atoms with Crippen LogP contribution in [0.1, 0.15) is 12.0 Å². The monoisotopic (exact) mass is 269 g/mol. The van der Waals surface area contributed by atoms with E-state index in [4.69, 9.17) is 4.74 Å². The number of methoxy groups -OCH3 is 1. The van der Waals surface area contributed by atoms with Crippen molar-refractivity contribution in [1.82, 2.24) is 5.32 Å². The molecule has 1 aliphatic heterocycles. The molecule has 1 aliphatic rings. The van der Waals surface area contributed by atoms with Gasteiger partial charge < -0.3 is 10.1 Å². The molecule has 0 aromatic heterocycles. The second-order valence-electron chi connectivity index (χ2n) is 4.00. The molecule has 0 aliphatic carbocycles. The number of ether oxygens (including phenoxy) is 1. The van der Waals surface area contributed by atoms with E-state index in [-0.39, 0.29) is 0 Å². The van der Waals surface area contributed by atoms with Gasteiger partial charge in [0.15, 0.2) is 0 Å². The van der Waals surface area contributed by atoms with Crippen LogP contribution >= 0.6 is 15.9 Å². The highest BCUT2D eigenvalue weighted by molar-refractivity contribution is 9.10. The molecule has 0 radical (unpaired) electrons. The molecule has 1 fully saturated rings. The lowest BCUT2D eigenvalue weighted by Gasteiger charge is -2.13. The maximum Gasteiger partial charge on any atom is 0.136 e. The Morgan fingerprint density at radius 3 is 3.07 bits per heavy atom. The van der Waals surface area contributed by atoms with Crippen LogP contribution in [0.2, 0.25) is 0 Å². The number of rotatable bonds is 3. The molecular weight excluding hydrogens is 254 g/mol. The molecule has 0 spiro atoms. The van der Waals surface area contributed by atoms with Gasteiger partial charge in [0.1, 0.15) is 5.75 Å². The van der Waals surface area contributed by atoms with Gasteiger partial charge in [0.25, 0.3) is 0 Å². The van der Waals surface area contributed by atoms with Gasteiger partial charge in [-0.05, 0) is 59.4 Å². The first-order chi connectivity index (χ1) is 7.31. The fourth-order valence-corrected chi connectivity index (χ4v) is 2.71. The molecule has 1 saturated heterocycles. The quantitative estimate of drug-likeness (QED) is 0.911. The molecular formula is C12H16BrNO. The molecule has 82 valence electrons. The molecule has 2 rings (SSSR count). The van der Waals surface area contributed by atoms with E-state index in [0.29, 0.717) is 0 Å². The standard InChI is InChI=1S/C12H16BrNO/c1-15-12-10(3-2-4-11(12)13)7-9-5-6-14-8-9/h2-4,9,14H,5-8H2,1H3. The van der Waals surface area contributed by atoms with Gasteiger partial charge in [0.05, 0.1) is 11.6 Å². The number of hydrogen-bond acceptors (Lipinski definition) is 2. The summed E-state index contributed by atoms with van der Waals surface area (Å²) < 4.78 is 6.47. The molecule has 2 nitrogen and oxygen atoms in total. The van der Waals surface area contributed by atoms with Crippen molar-refractivity contribution in [2.75, 3.05) is 20.2 Å². The van der Waals surface area contributed by atoms with Crippen LogP contribution in [-0.4, -0.2) is 20.2 Å². The van der Waals surface area contributed by atoms with Crippen LogP contribution in [0, 0.1) is 5.92 Å². The van der Waals surface area contributed by atoms with Crippen LogP contribution in [-0.2, 0) is 6.42 Å². The zero-order valence-electron chi connectivity index (χ0n) is 8.92. The minimum absolute atomic E-state index is 0.758. The van der Waals surface area contributed by atoms with Crippen LogP contribution < -0.4 is 10.1 Å². The Morgan fingerprint density at radius 1 is 1.53 bits per heavy atom. The fraction of sp³-hybridized carbons (Fsp3) is 0.500. The molecule has 1 heterocycles. The first kappa shape index (κ1) is 11.0. The Kier molecular flexibility index (Phi) is 3.65. The van der Waals surface area contributed by atoms with Gasteiger partial charge in [-0.25, -0.2) is 0 Å². The van der Waals surface area contributed by atoms with Crippen molar-refractivity contribution in [1.29, 1.82) is 0 Å². The number of para-hydroxylation sites is 1. The van der Waals surface area contributed by atoms with Gasteiger partial charge in [0.2, 0.25) is 0 Å². The molecule has 15 heavy (non-hydrogen) atoms. The Morgan fingerprint density at radius 2 is 2.40 bits per heavy atom. The number of hydrogen-bond donors (Lipinski definition) is 1. The van der Waals surface area contributed by atoms with Gasteiger partial charge in [-0.15, -0.1) is 0 Å². The van der Waals surface area contributed by atoms with Crippen molar-refractivity contribution in [2.24, 2.45) is 5.92 Å². The van der Waals surface area contributed by atoms with Crippen LogP contribution in [0.5, 0.6) is 5.75 Å². The molecule has 0 amide bonds. The van der Waals surface area contributed by atoms with E-state index in [0.717, 1.165) is 35.7 Å². The topological polar surface area (TPSA) is 21.3 Å². The van der Waals surface area contributed by atoms with Crippen molar-refractivity contribution in [2.45, 2.75) is 12.8 Å². The van der Waals surface area contributed by atoms with Crippen LogP contribution in [0.3, 0.4) is 0 Å². The molecule has 1 aromatic carbocycles. The van der Waals surface area contributed by atoms with E-state index in [1.54, 1.807) is 7.11 Å². The van der Waals surface area contributed by atoms with Gasteiger partial charge >= 0.3 is 0 Å². The average Bonchev–Trinajstić information content (AvgIpc) is 2.71. The van der Waals surface area contributed by atoms with Crippen molar-refractivity contribution < 1.29 is 4.74 Å². The highest BCUT2D eigenvalue weighted by Gasteiger charge is 2.17. The zero-order valence-corrected chi connectivity index (χ0v) is 10.5. The SMILES string of the molecule is COc1c(Br)cccc1CC1CCNC1. The third-order valence-electron chi connectivity index (χ3n) is 2.92. The largest absolute Gasteiger partial charge is 0.495 e. The highest BCUT2D eigenvalue weighted by atomic mass is 79.9. The summed E-state index contributed by atoms with van der Waals surface area (Å²) in [5.41, 5.74) is 1.31. The molecule has 1 N–H and O–H groups in total. The Balaban J connectivity index is 2.15. The maximum atomic E-state index is 5.42. The summed E-state index contributed by atoms with van der Waals surface area (Å²) >= 11 is 3.52. The van der Waals surface area contributed by atoms with E-state index in [9.17, 15) is 0 Å². The summed E-state index contributed by atoms with van der Waals surface area (Å²) in [6.45, 7) is 2.29. The lowest BCUT2D eigenvalue weighted by molar-refractivity contribution is 0.403. The maximum absolute atomic E-state index is 5.42. The Hall–Kier alpha value is -0.540. The average molecular weight is 270 g/mol. The summed E-state index contributed by atoms with van der Waals surface area (Å²) in [4.78, 5) is 0. The predicted octanol–water partition coefficient (Wildman–Crippen LogP) is 2.61. The summed E-state index contributed by atoms with van der Waals surface area (Å²) in [5.74, 6) is 1.75. The number of benzene rings is 1. The highest BCUT2D eigenvalue weighted by Crippen LogP contribution is 2.31. The second-order valence-corrected chi connectivity index (χ2v) is 4.85. The predicted molar refractivity (Wildman–Crippen MR) is 65.4 cm³/mol. The Labute approximate surface area is 99.1 Å². The first-order valence-corrected chi connectivity index (χ1v) is 6.12. The van der Waals surface area contributed by atoms with E-state index >= 15 is 0 Å². The van der Waals surface area contributed by atoms with E-state index in [2.05, 4.69) is 33.4 Å². The lowest BCUT2D eigenvalue weighted by Crippen LogP contribution is -2.11. The summed E-state index contributed by atoms with van der Waals surface area (Å²) in [5, 5.41) is 3.39.